The fourth-order valence-electron chi connectivity index (χ4n) is 1.65. The van der Waals surface area contributed by atoms with Crippen LogP contribution in [0.2, 0.25) is 0 Å². The van der Waals surface area contributed by atoms with E-state index in [4.69, 9.17) is 9.84 Å². The molecule has 1 aromatic heterocycles. The van der Waals surface area contributed by atoms with Gasteiger partial charge in [-0.1, -0.05) is 6.07 Å². The predicted octanol–water partition coefficient (Wildman–Crippen LogP) is 2.44. The van der Waals surface area contributed by atoms with Gasteiger partial charge in [-0.15, -0.1) is 0 Å². The number of ether oxygens (including phenoxy) is 1. The summed E-state index contributed by atoms with van der Waals surface area (Å²) in [5, 5.41) is 22.6. The van der Waals surface area contributed by atoms with Crippen molar-refractivity contribution in [3.8, 4) is 5.88 Å². The maximum atomic E-state index is 11.0. The van der Waals surface area contributed by atoms with Crippen molar-refractivity contribution in [1.82, 2.24) is 4.98 Å². The molecule has 0 fully saturated rings. The molecule has 0 aliphatic carbocycles. The van der Waals surface area contributed by atoms with E-state index >= 15 is 0 Å². The number of nitrogens with one attached hydrogen (secondary N) is 1. The number of aromatic nitrogens is 1. The molecule has 0 saturated carbocycles. The number of rotatable bonds is 5. The van der Waals surface area contributed by atoms with E-state index in [1.165, 1.54) is 37.4 Å². The Morgan fingerprint density at radius 2 is 2.14 bits per heavy atom. The number of anilines is 2. The van der Waals surface area contributed by atoms with Crippen LogP contribution < -0.4 is 10.1 Å². The molecule has 2 rings (SSSR count). The summed E-state index contributed by atoms with van der Waals surface area (Å²) in [6.45, 7) is 0. The van der Waals surface area contributed by atoms with Crippen molar-refractivity contribution in [1.29, 1.82) is 0 Å². The molecule has 21 heavy (non-hydrogen) atoms. The Balaban J connectivity index is 2.40. The van der Waals surface area contributed by atoms with Crippen LogP contribution in [0.4, 0.5) is 17.2 Å². The van der Waals surface area contributed by atoms with Gasteiger partial charge in [-0.2, -0.15) is 4.98 Å². The second-order valence-corrected chi connectivity index (χ2v) is 3.99. The van der Waals surface area contributed by atoms with E-state index in [0.717, 1.165) is 0 Å². The van der Waals surface area contributed by atoms with Crippen molar-refractivity contribution in [3.63, 3.8) is 0 Å². The molecule has 0 aliphatic heterocycles. The van der Waals surface area contributed by atoms with Crippen LogP contribution in [0.5, 0.6) is 5.88 Å². The molecular weight excluding hydrogens is 278 g/mol. The lowest BCUT2D eigenvalue weighted by molar-refractivity contribution is -0.384. The summed E-state index contributed by atoms with van der Waals surface area (Å²) in [5.41, 5.74) is 0.195. The third-order valence-corrected chi connectivity index (χ3v) is 2.63. The van der Waals surface area contributed by atoms with Crippen LogP contribution in [0.25, 0.3) is 0 Å². The minimum atomic E-state index is -1.09. The van der Waals surface area contributed by atoms with Gasteiger partial charge in [-0.05, 0) is 18.2 Å². The predicted molar refractivity (Wildman–Crippen MR) is 74.1 cm³/mol. The van der Waals surface area contributed by atoms with Gasteiger partial charge in [-0.25, -0.2) is 4.79 Å². The van der Waals surface area contributed by atoms with E-state index in [9.17, 15) is 14.9 Å². The third-order valence-electron chi connectivity index (χ3n) is 2.63. The van der Waals surface area contributed by atoms with Gasteiger partial charge in [-0.3, -0.25) is 10.1 Å². The van der Waals surface area contributed by atoms with E-state index < -0.39 is 10.9 Å². The molecule has 108 valence electrons. The van der Waals surface area contributed by atoms with Crippen LogP contribution in [-0.2, 0) is 0 Å². The maximum Gasteiger partial charge on any atom is 0.335 e. The third kappa shape index (κ3) is 3.24. The highest BCUT2D eigenvalue weighted by molar-refractivity contribution is 5.89. The zero-order valence-electron chi connectivity index (χ0n) is 10.9. The number of methoxy groups -OCH3 is 1. The molecular formula is C13H11N3O5. The topological polar surface area (TPSA) is 115 Å². The number of pyridine rings is 1. The first-order valence-corrected chi connectivity index (χ1v) is 5.81. The molecule has 2 aromatic rings. The number of hydrogen-bond donors (Lipinski definition) is 2. The summed E-state index contributed by atoms with van der Waals surface area (Å²) in [7, 11) is 1.39. The Morgan fingerprint density at radius 1 is 1.38 bits per heavy atom. The first-order valence-electron chi connectivity index (χ1n) is 5.81. The van der Waals surface area contributed by atoms with Crippen LogP contribution in [0.15, 0.2) is 36.4 Å². The monoisotopic (exact) mass is 289 g/mol. The van der Waals surface area contributed by atoms with Crippen LogP contribution in [0, 0.1) is 10.1 Å². The summed E-state index contributed by atoms with van der Waals surface area (Å²) >= 11 is 0. The lowest BCUT2D eigenvalue weighted by atomic mass is 10.2. The summed E-state index contributed by atoms with van der Waals surface area (Å²) in [6, 6.07) is 8.51. The Labute approximate surface area is 119 Å². The number of nitrogens with zero attached hydrogens (tertiary/aromatic N) is 2. The summed E-state index contributed by atoms with van der Waals surface area (Å²) < 4.78 is 4.92. The molecule has 0 atom stereocenters. The fraction of sp³-hybridized carbons (Fsp3) is 0.0769. The van der Waals surface area contributed by atoms with Crippen LogP contribution in [0.1, 0.15) is 10.4 Å². The lowest BCUT2D eigenvalue weighted by Crippen LogP contribution is -2.02. The number of hydrogen-bond acceptors (Lipinski definition) is 6. The van der Waals surface area contributed by atoms with Crippen LogP contribution in [0.3, 0.4) is 0 Å². The smallest absolute Gasteiger partial charge is 0.335 e. The van der Waals surface area contributed by atoms with Gasteiger partial charge in [0.1, 0.15) is 0 Å². The summed E-state index contributed by atoms with van der Waals surface area (Å²) in [5.74, 6) is -0.911. The van der Waals surface area contributed by atoms with Crippen molar-refractivity contribution in [2.24, 2.45) is 0 Å². The standard InChI is InChI=1S/C13H11N3O5/c1-21-11-6-5-10(16(19)20)12(15-11)14-9-4-2-3-8(7-9)13(17)18/h2-7H,1H3,(H,14,15)(H,17,18). The number of nitro groups is 1. The minimum absolute atomic E-state index is 0.0260. The maximum absolute atomic E-state index is 11.0. The van der Waals surface area contributed by atoms with E-state index in [0.29, 0.717) is 5.69 Å². The normalized spacial score (nSPS) is 9.95. The van der Waals surface area contributed by atoms with E-state index in [2.05, 4.69) is 10.3 Å². The van der Waals surface area contributed by atoms with E-state index in [-0.39, 0.29) is 22.9 Å². The molecule has 1 aromatic carbocycles. The van der Waals surface area contributed by atoms with Gasteiger partial charge < -0.3 is 15.2 Å². The molecule has 8 nitrogen and oxygen atoms in total. The van der Waals surface area contributed by atoms with E-state index in [1.54, 1.807) is 6.07 Å². The second kappa shape index (κ2) is 5.87. The molecule has 0 spiro atoms. The molecule has 0 saturated heterocycles. The molecule has 0 bridgehead atoms. The quantitative estimate of drug-likeness (QED) is 0.641. The highest BCUT2D eigenvalue weighted by Crippen LogP contribution is 2.28. The van der Waals surface area contributed by atoms with Gasteiger partial charge in [0.05, 0.1) is 17.6 Å². The summed E-state index contributed by atoms with van der Waals surface area (Å²) in [6.07, 6.45) is 0. The number of carbonyl (C=O) groups is 1. The molecule has 2 N–H and O–H groups in total. The van der Waals surface area contributed by atoms with Crippen molar-refractivity contribution < 1.29 is 19.6 Å². The van der Waals surface area contributed by atoms with Crippen molar-refractivity contribution in [2.75, 3.05) is 12.4 Å². The van der Waals surface area contributed by atoms with Gasteiger partial charge in [0.25, 0.3) is 0 Å². The molecule has 0 amide bonds. The SMILES string of the molecule is COc1ccc([N+](=O)[O-])c(Nc2cccc(C(=O)O)c2)n1. The van der Waals surface area contributed by atoms with Crippen LogP contribution >= 0.6 is 0 Å². The first-order chi connectivity index (χ1) is 10.0. The average Bonchev–Trinajstić information content (AvgIpc) is 2.47. The first kappa shape index (κ1) is 14.3. The molecule has 0 radical (unpaired) electrons. The van der Waals surface area contributed by atoms with Crippen molar-refractivity contribution in [3.05, 3.63) is 52.1 Å². The molecule has 1 heterocycles. The number of aromatic carboxylic acids is 1. The zero-order valence-corrected chi connectivity index (χ0v) is 10.9. The van der Waals surface area contributed by atoms with Gasteiger partial charge >= 0.3 is 11.7 Å². The Bertz CT molecular complexity index is 702. The largest absolute Gasteiger partial charge is 0.481 e. The fourth-order valence-corrected chi connectivity index (χ4v) is 1.65. The van der Waals surface area contributed by atoms with Gasteiger partial charge in [0.2, 0.25) is 11.7 Å². The second-order valence-electron chi connectivity index (χ2n) is 3.99. The number of benzene rings is 1. The van der Waals surface area contributed by atoms with Crippen molar-refractivity contribution >= 4 is 23.2 Å². The Kier molecular flexibility index (Phi) is 3.98. The Morgan fingerprint density at radius 3 is 2.76 bits per heavy atom. The van der Waals surface area contributed by atoms with E-state index in [1.807, 2.05) is 0 Å². The van der Waals surface area contributed by atoms with Crippen LogP contribution in [-0.4, -0.2) is 28.1 Å². The molecule has 8 heteroatoms. The van der Waals surface area contributed by atoms with Gasteiger partial charge in [0, 0.05) is 17.8 Å². The Hall–Kier alpha value is -3.16. The average molecular weight is 289 g/mol. The number of carboxylic acids is 1. The molecule has 0 unspecified atom stereocenters. The van der Waals surface area contributed by atoms with Gasteiger partial charge in [0.15, 0.2) is 0 Å². The number of carboxylic acid groups (broad SMARTS) is 1. The van der Waals surface area contributed by atoms with Crippen molar-refractivity contribution in [2.45, 2.75) is 0 Å². The highest BCUT2D eigenvalue weighted by atomic mass is 16.6. The summed E-state index contributed by atoms with van der Waals surface area (Å²) in [4.78, 5) is 25.3. The minimum Gasteiger partial charge on any atom is -0.481 e. The molecule has 0 aliphatic rings. The zero-order chi connectivity index (χ0) is 15.4. The highest BCUT2D eigenvalue weighted by Gasteiger charge is 2.17. The lowest BCUT2D eigenvalue weighted by Gasteiger charge is -2.08.